The molecule has 0 aliphatic heterocycles. The zero-order chi connectivity index (χ0) is 13.3. The second-order valence-corrected chi connectivity index (χ2v) is 4.78. The maximum Gasteiger partial charge on any atom is 0.196 e. The van der Waals surface area contributed by atoms with Crippen molar-refractivity contribution < 1.29 is 13.6 Å². The van der Waals surface area contributed by atoms with Crippen LogP contribution >= 0.6 is 15.9 Å². The normalized spacial score (nSPS) is 10.4. The zero-order valence-corrected chi connectivity index (χ0v) is 11.1. The molecular weight excluding hydrogens is 302 g/mol. The van der Waals surface area contributed by atoms with Crippen molar-refractivity contribution >= 4 is 21.7 Å². The molecule has 0 fully saturated rings. The average molecular weight is 311 g/mol. The Balaban J connectivity index is 2.49. The third kappa shape index (κ3) is 2.48. The minimum atomic E-state index is -0.607. The fourth-order valence-corrected chi connectivity index (χ4v) is 1.95. The van der Waals surface area contributed by atoms with Crippen molar-refractivity contribution in [2.45, 2.75) is 6.92 Å². The summed E-state index contributed by atoms with van der Waals surface area (Å²) in [4.78, 5) is 12.1. The topological polar surface area (TPSA) is 17.1 Å². The van der Waals surface area contributed by atoms with Crippen LogP contribution in [-0.4, -0.2) is 5.78 Å². The predicted molar refractivity (Wildman–Crippen MR) is 68.7 cm³/mol. The highest BCUT2D eigenvalue weighted by molar-refractivity contribution is 9.10. The third-order valence-corrected chi connectivity index (χ3v) is 3.43. The lowest BCUT2D eigenvalue weighted by Gasteiger charge is -2.06. The molecule has 0 amide bonds. The van der Waals surface area contributed by atoms with Gasteiger partial charge in [0.25, 0.3) is 0 Å². The van der Waals surface area contributed by atoms with Crippen molar-refractivity contribution in [3.8, 4) is 0 Å². The fourth-order valence-electron chi connectivity index (χ4n) is 1.61. The molecule has 18 heavy (non-hydrogen) atoms. The molecule has 0 radical (unpaired) electrons. The molecule has 2 rings (SSSR count). The van der Waals surface area contributed by atoms with Gasteiger partial charge in [0, 0.05) is 10.0 Å². The number of hydrogen-bond donors (Lipinski definition) is 0. The molecule has 92 valence electrons. The van der Waals surface area contributed by atoms with Crippen LogP contribution in [0.3, 0.4) is 0 Å². The number of ketones is 1. The standard InChI is InChI=1S/C14H9BrF2O/c1-8-5-13(17)11(7-12(8)15)14(18)9-3-2-4-10(16)6-9/h2-7H,1H3. The lowest BCUT2D eigenvalue weighted by molar-refractivity contribution is 0.103. The first-order valence-electron chi connectivity index (χ1n) is 5.25. The molecular formula is C14H9BrF2O. The van der Waals surface area contributed by atoms with E-state index in [1.54, 1.807) is 6.92 Å². The largest absolute Gasteiger partial charge is 0.288 e. The summed E-state index contributed by atoms with van der Waals surface area (Å²) in [5.41, 5.74) is 0.756. The first-order valence-corrected chi connectivity index (χ1v) is 6.04. The number of carbonyl (C=O) groups excluding carboxylic acids is 1. The van der Waals surface area contributed by atoms with Gasteiger partial charge < -0.3 is 0 Å². The highest BCUT2D eigenvalue weighted by atomic mass is 79.9. The summed E-state index contributed by atoms with van der Waals surface area (Å²) in [5, 5.41) is 0. The van der Waals surface area contributed by atoms with Crippen molar-refractivity contribution in [1.82, 2.24) is 0 Å². The smallest absolute Gasteiger partial charge is 0.196 e. The van der Waals surface area contributed by atoms with Crippen LogP contribution in [0.5, 0.6) is 0 Å². The van der Waals surface area contributed by atoms with Gasteiger partial charge in [-0.2, -0.15) is 0 Å². The molecule has 0 saturated carbocycles. The minimum absolute atomic E-state index is 0.0712. The zero-order valence-electron chi connectivity index (χ0n) is 9.51. The summed E-state index contributed by atoms with van der Waals surface area (Å²) < 4.78 is 27.4. The first-order chi connectivity index (χ1) is 8.49. The van der Waals surface area contributed by atoms with E-state index in [0.29, 0.717) is 10.0 Å². The molecule has 0 aliphatic carbocycles. The van der Waals surface area contributed by atoms with Gasteiger partial charge in [-0.1, -0.05) is 28.1 Å². The van der Waals surface area contributed by atoms with Gasteiger partial charge in [-0.3, -0.25) is 4.79 Å². The van der Waals surface area contributed by atoms with E-state index in [1.165, 1.54) is 30.3 Å². The lowest BCUT2D eigenvalue weighted by atomic mass is 10.0. The molecule has 0 unspecified atom stereocenters. The Labute approximate surface area is 112 Å². The van der Waals surface area contributed by atoms with Crippen LogP contribution in [0.4, 0.5) is 8.78 Å². The van der Waals surface area contributed by atoms with E-state index in [0.717, 1.165) is 6.07 Å². The van der Waals surface area contributed by atoms with Gasteiger partial charge in [-0.15, -0.1) is 0 Å². The number of halogens is 3. The monoisotopic (exact) mass is 310 g/mol. The highest BCUT2D eigenvalue weighted by Crippen LogP contribution is 2.23. The maximum absolute atomic E-state index is 13.7. The summed E-state index contributed by atoms with van der Waals surface area (Å²) in [6, 6.07) is 7.89. The van der Waals surface area contributed by atoms with Crippen LogP contribution in [0, 0.1) is 18.6 Å². The Bertz CT molecular complexity index is 623. The van der Waals surface area contributed by atoms with Gasteiger partial charge >= 0.3 is 0 Å². The molecule has 2 aromatic carbocycles. The van der Waals surface area contributed by atoms with Crippen LogP contribution in [-0.2, 0) is 0 Å². The van der Waals surface area contributed by atoms with Gasteiger partial charge in [0.15, 0.2) is 5.78 Å². The Hall–Kier alpha value is -1.55. The second-order valence-electron chi connectivity index (χ2n) is 3.92. The number of benzene rings is 2. The summed E-state index contributed by atoms with van der Waals surface area (Å²) in [5.74, 6) is -1.66. The average Bonchev–Trinajstić information content (AvgIpc) is 2.33. The summed E-state index contributed by atoms with van der Waals surface area (Å²) >= 11 is 3.24. The second kappa shape index (κ2) is 4.98. The Morgan fingerprint density at radius 3 is 2.56 bits per heavy atom. The molecule has 0 N–H and O–H groups in total. The third-order valence-electron chi connectivity index (χ3n) is 2.58. The number of carbonyl (C=O) groups is 1. The van der Waals surface area contributed by atoms with Gasteiger partial charge in [-0.25, -0.2) is 8.78 Å². The van der Waals surface area contributed by atoms with E-state index in [9.17, 15) is 13.6 Å². The molecule has 0 saturated heterocycles. The Morgan fingerprint density at radius 2 is 1.89 bits per heavy atom. The van der Waals surface area contributed by atoms with E-state index < -0.39 is 17.4 Å². The van der Waals surface area contributed by atoms with E-state index in [4.69, 9.17) is 0 Å². The van der Waals surface area contributed by atoms with Crippen LogP contribution in [0.1, 0.15) is 21.5 Å². The van der Waals surface area contributed by atoms with Crippen molar-refractivity contribution in [3.05, 3.63) is 69.2 Å². The van der Waals surface area contributed by atoms with Crippen molar-refractivity contribution in [3.63, 3.8) is 0 Å². The molecule has 0 heterocycles. The van der Waals surface area contributed by atoms with Crippen molar-refractivity contribution in [2.24, 2.45) is 0 Å². The van der Waals surface area contributed by atoms with E-state index in [2.05, 4.69) is 15.9 Å². The molecule has 0 aliphatic rings. The van der Waals surface area contributed by atoms with E-state index in [-0.39, 0.29) is 11.1 Å². The van der Waals surface area contributed by atoms with Gasteiger partial charge in [0.1, 0.15) is 11.6 Å². The van der Waals surface area contributed by atoms with E-state index >= 15 is 0 Å². The van der Waals surface area contributed by atoms with Gasteiger partial charge in [-0.05, 0) is 36.8 Å². The molecule has 1 nitrogen and oxygen atoms in total. The van der Waals surface area contributed by atoms with Crippen LogP contribution in [0.25, 0.3) is 0 Å². The maximum atomic E-state index is 13.7. The summed E-state index contributed by atoms with van der Waals surface area (Å²) in [6.45, 7) is 1.73. The fraction of sp³-hybridized carbons (Fsp3) is 0.0714. The molecule has 4 heteroatoms. The molecule has 0 bridgehead atoms. The number of rotatable bonds is 2. The minimum Gasteiger partial charge on any atom is -0.288 e. The van der Waals surface area contributed by atoms with Crippen molar-refractivity contribution in [2.75, 3.05) is 0 Å². The lowest BCUT2D eigenvalue weighted by Crippen LogP contribution is -2.05. The Kier molecular flexibility index (Phi) is 3.57. The first kappa shape index (κ1) is 12.9. The summed E-state index contributed by atoms with van der Waals surface area (Å²) in [7, 11) is 0. The van der Waals surface area contributed by atoms with E-state index in [1.807, 2.05) is 0 Å². The summed E-state index contributed by atoms with van der Waals surface area (Å²) in [6.07, 6.45) is 0. The quantitative estimate of drug-likeness (QED) is 0.757. The van der Waals surface area contributed by atoms with Crippen LogP contribution in [0.2, 0.25) is 0 Å². The van der Waals surface area contributed by atoms with Crippen molar-refractivity contribution in [1.29, 1.82) is 0 Å². The van der Waals surface area contributed by atoms with Crippen LogP contribution < -0.4 is 0 Å². The number of hydrogen-bond acceptors (Lipinski definition) is 1. The highest BCUT2D eigenvalue weighted by Gasteiger charge is 2.16. The number of aryl methyl sites for hydroxylation is 1. The van der Waals surface area contributed by atoms with Crippen LogP contribution in [0.15, 0.2) is 40.9 Å². The molecule has 0 spiro atoms. The predicted octanol–water partition coefficient (Wildman–Crippen LogP) is 4.27. The van der Waals surface area contributed by atoms with Gasteiger partial charge in [0.2, 0.25) is 0 Å². The molecule has 0 atom stereocenters. The molecule has 2 aromatic rings. The Morgan fingerprint density at radius 1 is 1.17 bits per heavy atom. The molecule has 0 aromatic heterocycles. The van der Waals surface area contributed by atoms with Gasteiger partial charge in [0.05, 0.1) is 5.56 Å². The SMILES string of the molecule is Cc1cc(F)c(C(=O)c2cccc(F)c2)cc1Br.